The van der Waals surface area contributed by atoms with E-state index in [2.05, 4.69) is 13.8 Å². The van der Waals surface area contributed by atoms with Gasteiger partial charge < -0.3 is 4.90 Å². The van der Waals surface area contributed by atoms with Gasteiger partial charge in [0.05, 0.1) is 10.5 Å². The minimum absolute atomic E-state index is 0.0825. The molecule has 30 heavy (non-hydrogen) atoms. The van der Waals surface area contributed by atoms with Crippen molar-refractivity contribution < 1.29 is 26.4 Å². The molecule has 0 bridgehead atoms. The minimum Gasteiger partial charge on any atom is -0.336 e. The molecule has 0 radical (unpaired) electrons. The number of alkyl halides is 3. The number of rotatable bonds is 4. The fraction of sp³-hybridized carbons (Fsp3) is 0.381. The van der Waals surface area contributed by atoms with E-state index in [0.29, 0.717) is 11.5 Å². The van der Waals surface area contributed by atoms with Gasteiger partial charge in [0, 0.05) is 31.7 Å². The second kappa shape index (κ2) is 8.39. The van der Waals surface area contributed by atoms with Crippen LogP contribution in [0.4, 0.5) is 13.2 Å². The van der Waals surface area contributed by atoms with Crippen LogP contribution in [-0.2, 0) is 16.2 Å². The summed E-state index contributed by atoms with van der Waals surface area (Å²) in [6, 6.07) is 10.8. The Balaban J connectivity index is 1.66. The summed E-state index contributed by atoms with van der Waals surface area (Å²) in [5.74, 6) is 0.185. The third-order valence-electron chi connectivity index (χ3n) is 5.17. The van der Waals surface area contributed by atoms with E-state index in [9.17, 15) is 26.4 Å². The molecule has 1 amide bonds. The Kier molecular flexibility index (Phi) is 6.24. The summed E-state index contributed by atoms with van der Waals surface area (Å²) in [6.07, 6.45) is -4.53. The molecule has 0 aromatic heterocycles. The van der Waals surface area contributed by atoms with Crippen LogP contribution in [0.25, 0.3) is 0 Å². The van der Waals surface area contributed by atoms with Gasteiger partial charge in [-0.2, -0.15) is 17.5 Å². The van der Waals surface area contributed by atoms with E-state index in [-0.39, 0.29) is 37.0 Å². The highest BCUT2D eigenvalue weighted by molar-refractivity contribution is 7.89. The Morgan fingerprint density at radius 2 is 1.43 bits per heavy atom. The Morgan fingerprint density at radius 3 is 1.90 bits per heavy atom. The molecule has 1 fully saturated rings. The number of sulfonamides is 1. The first-order valence-corrected chi connectivity index (χ1v) is 11.0. The van der Waals surface area contributed by atoms with Crippen LogP contribution in [0.5, 0.6) is 0 Å². The molecule has 1 heterocycles. The number of piperazine rings is 1. The Labute approximate surface area is 174 Å². The van der Waals surface area contributed by atoms with Crippen LogP contribution in [0.1, 0.15) is 41.3 Å². The van der Waals surface area contributed by atoms with Crippen molar-refractivity contribution in [3.8, 4) is 0 Å². The molecule has 3 rings (SSSR count). The molecule has 0 saturated carbocycles. The summed E-state index contributed by atoms with van der Waals surface area (Å²) >= 11 is 0. The molecule has 1 saturated heterocycles. The quantitative estimate of drug-likeness (QED) is 0.723. The third-order valence-corrected chi connectivity index (χ3v) is 7.08. The van der Waals surface area contributed by atoms with Gasteiger partial charge in [-0.15, -0.1) is 0 Å². The van der Waals surface area contributed by atoms with Crippen molar-refractivity contribution >= 4 is 15.9 Å². The SMILES string of the molecule is CC(C)c1ccc(C(=O)N2CCN(S(=O)(=O)c3ccc(C(F)(F)F)cc3)CC2)cc1. The normalized spacial score (nSPS) is 16.1. The van der Waals surface area contributed by atoms with Gasteiger partial charge in [0.1, 0.15) is 0 Å². The lowest BCUT2D eigenvalue weighted by Crippen LogP contribution is -2.50. The van der Waals surface area contributed by atoms with E-state index in [1.165, 1.54) is 4.31 Å². The van der Waals surface area contributed by atoms with E-state index in [1.807, 2.05) is 12.1 Å². The molecule has 0 unspecified atom stereocenters. The number of carbonyl (C=O) groups is 1. The number of benzene rings is 2. The molecular formula is C21H23F3N2O3S. The van der Waals surface area contributed by atoms with Crippen molar-refractivity contribution in [3.63, 3.8) is 0 Å². The Bertz CT molecular complexity index is 993. The highest BCUT2D eigenvalue weighted by Crippen LogP contribution is 2.30. The van der Waals surface area contributed by atoms with Crippen LogP contribution in [0.15, 0.2) is 53.4 Å². The smallest absolute Gasteiger partial charge is 0.336 e. The van der Waals surface area contributed by atoms with Crippen molar-refractivity contribution in [1.29, 1.82) is 0 Å². The average molecular weight is 440 g/mol. The van der Waals surface area contributed by atoms with Crippen LogP contribution in [-0.4, -0.2) is 49.7 Å². The first kappa shape index (κ1) is 22.3. The van der Waals surface area contributed by atoms with Gasteiger partial charge in [0.25, 0.3) is 5.91 Å². The van der Waals surface area contributed by atoms with Gasteiger partial charge in [-0.3, -0.25) is 4.79 Å². The Morgan fingerprint density at radius 1 is 0.900 bits per heavy atom. The van der Waals surface area contributed by atoms with Gasteiger partial charge in [-0.1, -0.05) is 26.0 Å². The zero-order chi connectivity index (χ0) is 22.1. The van der Waals surface area contributed by atoms with Crippen LogP contribution in [0.3, 0.4) is 0 Å². The van der Waals surface area contributed by atoms with Crippen LogP contribution in [0, 0.1) is 0 Å². The van der Waals surface area contributed by atoms with Gasteiger partial charge in [-0.05, 0) is 47.9 Å². The summed E-state index contributed by atoms with van der Waals surface area (Å²) < 4.78 is 64.8. The molecule has 1 aliphatic rings. The molecule has 5 nitrogen and oxygen atoms in total. The molecule has 2 aromatic rings. The van der Waals surface area contributed by atoms with Crippen LogP contribution >= 0.6 is 0 Å². The van der Waals surface area contributed by atoms with E-state index >= 15 is 0 Å². The maximum atomic E-state index is 12.7. The molecule has 9 heteroatoms. The van der Waals surface area contributed by atoms with Crippen LogP contribution in [0.2, 0.25) is 0 Å². The fourth-order valence-electron chi connectivity index (χ4n) is 3.29. The molecule has 162 valence electrons. The van der Waals surface area contributed by atoms with Crippen molar-refractivity contribution in [2.45, 2.75) is 30.8 Å². The van der Waals surface area contributed by atoms with Gasteiger partial charge in [0.2, 0.25) is 10.0 Å². The number of amides is 1. The maximum Gasteiger partial charge on any atom is 0.416 e. The van der Waals surface area contributed by atoms with E-state index in [0.717, 1.165) is 29.8 Å². The van der Waals surface area contributed by atoms with E-state index in [4.69, 9.17) is 0 Å². The maximum absolute atomic E-state index is 12.7. The monoisotopic (exact) mass is 440 g/mol. The standard InChI is InChI=1S/C21H23F3N2O3S/c1-15(2)16-3-5-17(6-4-16)20(27)25-11-13-26(14-12-25)30(28,29)19-9-7-18(8-10-19)21(22,23)24/h3-10,15H,11-14H2,1-2H3. The molecule has 2 aromatic carbocycles. The van der Waals surface area contributed by atoms with E-state index < -0.39 is 21.8 Å². The highest BCUT2D eigenvalue weighted by Gasteiger charge is 2.33. The second-order valence-electron chi connectivity index (χ2n) is 7.50. The number of halogens is 3. The molecule has 0 N–H and O–H groups in total. The van der Waals surface area contributed by atoms with Gasteiger partial charge in [-0.25, -0.2) is 8.42 Å². The van der Waals surface area contributed by atoms with E-state index in [1.54, 1.807) is 17.0 Å². The average Bonchev–Trinajstić information content (AvgIpc) is 2.73. The first-order chi connectivity index (χ1) is 14.0. The minimum atomic E-state index is -4.53. The summed E-state index contributed by atoms with van der Waals surface area (Å²) in [5, 5.41) is 0. The van der Waals surface area contributed by atoms with Crippen molar-refractivity contribution in [3.05, 3.63) is 65.2 Å². The zero-order valence-electron chi connectivity index (χ0n) is 16.7. The number of hydrogen-bond donors (Lipinski definition) is 0. The molecule has 0 atom stereocenters. The second-order valence-corrected chi connectivity index (χ2v) is 9.43. The number of carbonyl (C=O) groups excluding carboxylic acids is 1. The topological polar surface area (TPSA) is 57.7 Å². The summed E-state index contributed by atoms with van der Waals surface area (Å²) in [5.41, 5.74) is 0.762. The van der Waals surface area contributed by atoms with Crippen molar-refractivity contribution in [2.75, 3.05) is 26.2 Å². The summed E-state index contributed by atoms with van der Waals surface area (Å²) in [7, 11) is -3.93. The lowest BCUT2D eigenvalue weighted by molar-refractivity contribution is -0.137. The third kappa shape index (κ3) is 4.67. The zero-order valence-corrected chi connectivity index (χ0v) is 17.5. The molecule has 1 aliphatic heterocycles. The summed E-state index contributed by atoms with van der Waals surface area (Å²) in [4.78, 5) is 14.1. The molecule has 0 spiro atoms. The van der Waals surface area contributed by atoms with Crippen LogP contribution < -0.4 is 0 Å². The number of nitrogens with zero attached hydrogens (tertiary/aromatic N) is 2. The lowest BCUT2D eigenvalue weighted by Gasteiger charge is -2.34. The van der Waals surface area contributed by atoms with Gasteiger partial charge >= 0.3 is 6.18 Å². The summed E-state index contributed by atoms with van der Waals surface area (Å²) in [6.45, 7) is 4.72. The van der Waals surface area contributed by atoms with Crippen molar-refractivity contribution in [1.82, 2.24) is 9.21 Å². The largest absolute Gasteiger partial charge is 0.416 e. The Hall–Kier alpha value is -2.39. The fourth-order valence-corrected chi connectivity index (χ4v) is 4.71. The highest BCUT2D eigenvalue weighted by atomic mass is 32.2. The predicted octanol–water partition coefficient (Wildman–Crippen LogP) is 3.98. The predicted molar refractivity (Wildman–Crippen MR) is 107 cm³/mol. The van der Waals surface area contributed by atoms with Gasteiger partial charge in [0.15, 0.2) is 0 Å². The molecular weight excluding hydrogens is 417 g/mol. The first-order valence-electron chi connectivity index (χ1n) is 9.57. The lowest BCUT2D eigenvalue weighted by atomic mass is 10.0. The van der Waals surface area contributed by atoms with Crippen molar-refractivity contribution in [2.24, 2.45) is 0 Å². The number of hydrogen-bond acceptors (Lipinski definition) is 3. The molecule has 0 aliphatic carbocycles.